The molecule has 1 unspecified atom stereocenters. The summed E-state index contributed by atoms with van der Waals surface area (Å²) in [6.07, 6.45) is 0. The Labute approximate surface area is 202 Å². The molecule has 0 radical (unpaired) electrons. The van der Waals surface area contributed by atoms with Crippen LogP contribution in [-0.4, -0.2) is 25.9 Å². The van der Waals surface area contributed by atoms with Gasteiger partial charge in [-0.3, -0.25) is 4.79 Å². The Bertz CT molecular complexity index is 1280. The fourth-order valence-electron chi connectivity index (χ4n) is 3.52. The fraction of sp³-hybridized carbons (Fsp3) is 0.240. The molecule has 0 saturated heterocycles. The second-order valence-corrected chi connectivity index (χ2v) is 9.45. The Morgan fingerprint density at radius 1 is 1.12 bits per heavy atom. The molecule has 6 nitrogen and oxygen atoms in total. The van der Waals surface area contributed by atoms with Gasteiger partial charge in [-0.15, -0.1) is 10.2 Å². The van der Waals surface area contributed by atoms with Gasteiger partial charge < -0.3 is 15.2 Å². The van der Waals surface area contributed by atoms with Crippen molar-refractivity contribution in [3.05, 3.63) is 77.1 Å². The number of nitrogens with one attached hydrogen (secondary N) is 2. The predicted molar refractivity (Wildman–Crippen MR) is 137 cm³/mol. The van der Waals surface area contributed by atoms with Gasteiger partial charge in [0.05, 0.1) is 11.8 Å². The minimum Gasteiger partial charge on any atom is -0.378 e. The predicted octanol–water partition coefficient (Wildman–Crippen LogP) is 6.14. The van der Waals surface area contributed by atoms with Crippen LogP contribution in [0.2, 0.25) is 5.02 Å². The van der Waals surface area contributed by atoms with Crippen LogP contribution in [0.1, 0.15) is 25.2 Å². The Hall–Kier alpha value is -3.03. The summed E-state index contributed by atoms with van der Waals surface area (Å²) in [5, 5.41) is 18.3. The number of thioether (sulfide) groups is 1. The molecule has 0 aliphatic heterocycles. The van der Waals surface area contributed by atoms with E-state index in [-0.39, 0.29) is 11.2 Å². The molecular formula is C25H26ClN5OS. The van der Waals surface area contributed by atoms with Gasteiger partial charge in [0.15, 0.2) is 11.0 Å². The summed E-state index contributed by atoms with van der Waals surface area (Å²) >= 11 is 7.62. The summed E-state index contributed by atoms with van der Waals surface area (Å²) in [5.41, 5.74) is 2.77. The summed E-state index contributed by atoms with van der Waals surface area (Å²) in [6, 6.07) is 19.8. The number of anilines is 2. The Morgan fingerprint density at radius 2 is 1.91 bits per heavy atom. The molecule has 170 valence electrons. The molecule has 2 N–H and O–H groups in total. The van der Waals surface area contributed by atoms with E-state index in [2.05, 4.69) is 20.8 Å². The highest BCUT2D eigenvalue weighted by Crippen LogP contribution is 2.27. The Morgan fingerprint density at radius 3 is 2.70 bits per heavy atom. The third kappa shape index (κ3) is 5.31. The number of halogens is 1. The first-order valence-electron chi connectivity index (χ1n) is 10.8. The van der Waals surface area contributed by atoms with E-state index in [4.69, 9.17) is 11.6 Å². The second kappa shape index (κ2) is 10.3. The van der Waals surface area contributed by atoms with Crippen molar-refractivity contribution in [1.82, 2.24) is 14.8 Å². The molecule has 8 heteroatoms. The molecule has 1 atom stereocenters. The van der Waals surface area contributed by atoms with Crippen LogP contribution >= 0.6 is 23.4 Å². The zero-order valence-electron chi connectivity index (χ0n) is 18.8. The highest BCUT2D eigenvalue weighted by atomic mass is 35.5. The number of rotatable bonds is 8. The van der Waals surface area contributed by atoms with Crippen molar-refractivity contribution in [3.8, 4) is 0 Å². The molecule has 0 aliphatic carbocycles. The van der Waals surface area contributed by atoms with Crippen molar-refractivity contribution in [2.24, 2.45) is 0 Å². The second-order valence-electron chi connectivity index (χ2n) is 7.74. The average Bonchev–Trinajstić information content (AvgIpc) is 3.21. The van der Waals surface area contributed by atoms with E-state index in [0.717, 1.165) is 43.7 Å². The van der Waals surface area contributed by atoms with Gasteiger partial charge in [-0.2, -0.15) is 0 Å². The largest absolute Gasteiger partial charge is 0.378 e. The molecule has 0 fully saturated rings. The minimum absolute atomic E-state index is 0.0732. The van der Waals surface area contributed by atoms with E-state index in [9.17, 15) is 4.79 Å². The van der Waals surface area contributed by atoms with Crippen molar-refractivity contribution >= 4 is 51.4 Å². The molecule has 0 saturated carbocycles. The third-order valence-corrected chi connectivity index (χ3v) is 6.92. The van der Waals surface area contributed by atoms with Gasteiger partial charge in [-0.1, -0.05) is 65.8 Å². The maximum Gasteiger partial charge on any atom is 0.237 e. The molecule has 4 rings (SSSR count). The normalized spacial score (nSPS) is 12.0. The van der Waals surface area contributed by atoms with E-state index in [1.54, 1.807) is 0 Å². The number of fused-ring (bicyclic) bond motifs is 1. The van der Waals surface area contributed by atoms with Crippen molar-refractivity contribution in [1.29, 1.82) is 0 Å². The first-order chi connectivity index (χ1) is 16.0. The molecular weight excluding hydrogens is 454 g/mol. The molecule has 0 aliphatic rings. The van der Waals surface area contributed by atoms with Crippen LogP contribution < -0.4 is 10.6 Å². The van der Waals surface area contributed by atoms with Crippen molar-refractivity contribution in [2.75, 3.05) is 10.6 Å². The van der Waals surface area contributed by atoms with Gasteiger partial charge in [0.2, 0.25) is 5.91 Å². The molecule has 0 bridgehead atoms. The third-order valence-electron chi connectivity index (χ3n) is 5.43. The molecule has 3 aromatic carbocycles. The summed E-state index contributed by atoms with van der Waals surface area (Å²) in [5.74, 6) is 0.731. The molecule has 1 heterocycles. The van der Waals surface area contributed by atoms with Crippen LogP contribution in [-0.2, 0) is 17.9 Å². The monoisotopic (exact) mass is 479 g/mol. The van der Waals surface area contributed by atoms with Crippen molar-refractivity contribution in [3.63, 3.8) is 0 Å². The summed E-state index contributed by atoms with van der Waals surface area (Å²) in [7, 11) is 0. The van der Waals surface area contributed by atoms with Gasteiger partial charge in [-0.05, 0) is 49.9 Å². The number of benzene rings is 3. The maximum atomic E-state index is 12.9. The quantitative estimate of drug-likeness (QED) is 0.297. The lowest BCUT2D eigenvalue weighted by atomic mass is 10.1. The van der Waals surface area contributed by atoms with E-state index in [0.29, 0.717) is 13.1 Å². The maximum absolute atomic E-state index is 12.9. The van der Waals surface area contributed by atoms with Gasteiger partial charge >= 0.3 is 0 Å². The smallest absolute Gasteiger partial charge is 0.237 e. The number of hydrogen-bond donors (Lipinski definition) is 2. The lowest BCUT2D eigenvalue weighted by molar-refractivity contribution is -0.115. The van der Waals surface area contributed by atoms with Crippen LogP contribution in [0.5, 0.6) is 0 Å². The molecule has 1 amide bonds. The van der Waals surface area contributed by atoms with Crippen LogP contribution in [0.15, 0.2) is 65.8 Å². The van der Waals surface area contributed by atoms with Gasteiger partial charge in [0.25, 0.3) is 0 Å². The van der Waals surface area contributed by atoms with Gasteiger partial charge in [-0.25, -0.2) is 0 Å². The first-order valence-corrected chi connectivity index (χ1v) is 12.1. The summed E-state index contributed by atoms with van der Waals surface area (Å²) in [4.78, 5) is 12.9. The Kier molecular flexibility index (Phi) is 7.20. The molecule has 1 aromatic heterocycles. The van der Waals surface area contributed by atoms with Crippen LogP contribution in [0.3, 0.4) is 0 Å². The molecule has 0 spiro atoms. The van der Waals surface area contributed by atoms with Crippen molar-refractivity contribution in [2.45, 2.75) is 44.3 Å². The van der Waals surface area contributed by atoms with Crippen LogP contribution in [0, 0.1) is 6.92 Å². The molecule has 4 aromatic rings. The van der Waals surface area contributed by atoms with Gasteiger partial charge in [0.1, 0.15) is 0 Å². The topological polar surface area (TPSA) is 71.8 Å². The van der Waals surface area contributed by atoms with E-state index in [1.807, 2.05) is 86.0 Å². The van der Waals surface area contributed by atoms with E-state index in [1.165, 1.54) is 11.8 Å². The highest BCUT2D eigenvalue weighted by Gasteiger charge is 2.20. The van der Waals surface area contributed by atoms with E-state index < -0.39 is 0 Å². The van der Waals surface area contributed by atoms with Crippen LogP contribution in [0.4, 0.5) is 11.4 Å². The lowest BCUT2D eigenvalue weighted by Gasteiger charge is -2.14. The minimum atomic E-state index is -0.338. The van der Waals surface area contributed by atoms with E-state index >= 15 is 0 Å². The average molecular weight is 480 g/mol. The number of amides is 1. The standard InChI is InChI=1S/C25H26ClN5OS/c1-4-31-23(15-27-19-13-12-16(2)21(26)14-19)29-30-25(31)33-17(3)24(32)28-22-11-7-9-18-8-5-6-10-20(18)22/h5-14,17,27H,4,15H2,1-3H3,(H,28,32). The highest BCUT2D eigenvalue weighted by molar-refractivity contribution is 8.00. The SMILES string of the molecule is CCn1c(CNc2ccc(C)c(Cl)c2)nnc1SC(C)C(=O)Nc1cccc2ccccc12. The number of carbonyl (C=O) groups excluding carboxylic acids is 1. The zero-order valence-corrected chi connectivity index (χ0v) is 20.4. The summed E-state index contributed by atoms with van der Waals surface area (Å²) < 4.78 is 2.02. The number of hydrogen-bond acceptors (Lipinski definition) is 5. The lowest BCUT2D eigenvalue weighted by Crippen LogP contribution is -2.23. The molecule has 33 heavy (non-hydrogen) atoms. The van der Waals surface area contributed by atoms with Gasteiger partial charge in [0, 0.05) is 28.3 Å². The Balaban J connectivity index is 1.43. The number of aryl methyl sites for hydroxylation is 1. The number of carbonyl (C=O) groups is 1. The van der Waals surface area contributed by atoms with Crippen LogP contribution in [0.25, 0.3) is 10.8 Å². The number of nitrogens with zero attached hydrogens (tertiary/aromatic N) is 3. The summed E-state index contributed by atoms with van der Waals surface area (Å²) in [6.45, 7) is 7.11. The zero-order chi connectivity index (χ0) is 23.4. The van der Waals surface area contributed by atoms with Crippen molar-refractivity contribution < 1.29 is 4.79 Å². The first kappa shape index (κ1) is 23.1. The fourth-order valence-corrected chi connectivity index (χ4v) is 4.63. The number of aromatic nitrogens is 3.